The Kier molecular flexibility index (Phi) is 9.92. The van der Waals surface area contributed by atoms with E-state index in [-0.39, 0.29) is 12.5 Å². The van der Waals surface area contributed by atoms with Crippen molar-refractivity contribution in [3.63, 3.8) is 0 Å². The predicted octanol–water partition coefficient (Wildman–Crippen LogP) is 6.19. The van der Waals surface area contributed by atoms with Gasteiger partial charge >= 0.3 is 6.18 Å². The lowest BCUT2D eigenvalue weighted by Gasteiger charge is -2.38. The summed E-state index contributed by atoms with van der Waals surface area (Å²) < 4.78 is 43.5. The van der Waals surface area contributed by atoms with Crippen LogP contribution in [0.4, 0.5) is 13.2 Å². The summed E-state index contributed by atoms with van der Waals surface area (Å²) in [6.45, 7) is 2.77. The number of ether oxygens (including phenoxy) is 1. The Balaban J connectivity index is 1.23. The average Bonchev–Trinajstić information content (AvgIpc) is 2.93. The van der Waals surface area contributed by atoms with Gasteiger partial charge in [0.25, 0.3) is 0 Å². The maximum atomic E-state index is 12.7. The lowest BCUT2D eigenvalue weighted by Crippen LogP contribution is -2.42. The zero-order chi connectivity index (χ0) is 27.1. The third-order valence-electron chi connectivity index (χ3n) is 7.43. The summed E-state index contributed by atoms with van der Waals surface area (Å²) in [5.41, 5.74) is 1.04. The van der Waals surface area contributed by atoms with E-state index < -0.39 is 17.8 Å². The molecule has 2 N–H and O–H groups in total. The minimum atomic E-state index is -4.31. The summed E-state index contributed by atoms with van der Waals surface area (Å²) in [5.74, 6) is 2.05. The summed E-state index contributed by atoms with van der Waals surface area (Å²) in [6.07, 6.45) is 0.128. The highest BCUT2D eigenvalue weighted by Crippen LogP contribution is 2.34. The molecule has 4 rings (SSSR count). The fourth-order valence-corrected chi connectivity index (χ4v) is 6.09. The summed E-state index contributed by atoms with van der Waals surface area (Å²) in [5, 5.41) is 22.0. The molecule has 2 heterocycles. The normalized spacial score (nSPS) is 19.5. The number of thioether (sulfide) groups is 1. The first kappa shape index (κ1) is 28.7. The van der Waals surface area contributed by atoms with Crippen LogP contribution < -0.4 is 4.74 Å². The van der Waals surface area contributed by atoms with Crippen molar-refractivity contribution < 1.29 is 28.1 Å². The molecular weight excluding hydrogens is 513 g/mol. The van der Waals surface area contributed by atoms with Crippen LogP contribution in [0.1, 0.15) is 42.9 Å². The number of pyridine rings is 1. The molecule has 9 heteroatoms. The first-order valence-electron chi connectivity index (χ1n) is 13.0. The van der Waals surface area contributed by atoms with Crippen LogP contribution in [0.2, 0.25) is 0 Å². The highest BCUT2D eigenvalue weighted by molar-refractivity contribution is 7.99. The first-order chi connectivity index (χ1) is 18.3. The van der Waals surface area contributed by atoms with Crippen molar-refractivity contribution in [3.05, 3.63) is 65.9 Å². The van der Waals surface area contributed by atoms with Gasteiger partial charge < -0.3 is 19.8 Å². The maximum Gasteiger partial charge on any atom is 0.416 e. The summed E-state index contributed by atoms with van der Waals surface area (Å²) in [7, 11) is 1.62. The third-order valence-corrected chi connectivity index (χ3v) is 8.53. The zero-order valence-electron chi connectivity index (χ0n) is 21.5. The van der Waals surface area contributed by atoms with Gasteiger partial charge in [-0.3, -0.25) is 4.98 Å². The molecule has 0 aliphatic carbocycles. The summed E-state index contributed by atoms with van der Waals surface area (Å²) in [6, 6.07) is 12.8. The molecule has 3 atom stereocenters. The number of benzene rings is 2. The van der Waals surface area contributed by atoms with Crippen molar-refractivity contribution in [1.29, 1.82) is 0 Å². The van der Waals surface area contributed by atoms with Crippen LogP contribution in [-0.4, -0.2) is 59.2 Å². The Labute approximate surface area is 226 Å². The Morgan fingerprint density at radius 2 is 1.92 bits per heavy atom. The van der Waals surface area contributed by atoms with Crippen LogP contribution in [0.25, 0.3) is 10.9 Å². The fraction of sp³-hybridized carbons (Fsp3) is 0.483. The van der Waals surface area contributed by atoms with Crippen molar-refractivity contribution in [2.24, 2.45) is 11.8 Å². The van der Waals surface area contributed by atoms with E-state index in [2.05, 4.69) is 9.88 Å². The van der Waals surface area contributed by atoms with E-state index in [1.807, 2.05) is 24.3 Å². The van der Waals surface area contributed by atoms with Gasteiger partial charge in [-0.25, -0.2) is 0 Å². The molecule has 1 aliphatic rings. The Morgan fingerprint density at radius 1 is 1.13 bits per heavy atom. The lowest BCUT2D eigenvalue weighted by molar-refractivity contribution is -0.137. The number of alkyl halides is 3. The van der Waals surface area contributed by atoms with Gasteiger partial charge in [-0.05, 0) is 110 Å². The minimum absolute atomic E-state index is 0.118. The van der Waals surface area contributed by atoms with Gasteiger partial charge in [0.2, 0.25) is 0 Å². The van der Waals surface area contributed by atoms with Crippen molar-refractivity contribution in [2.45, 2.75) is 42.9 Å². The molecule has 1 fully saturated rings. The van der Waals surface area contributed by atoms with Crippen LogP contribution in [0.15, 0.2) is 59.6 Å². The molecule has 5 nitrogen and oxygen atoms in total. The SMILES string of the molecule is COc1ccc2nccc([C@@H](O)CC[C@@H]3CCN(CCCSc4ccc(C(F)(F)F)cc4)C[C@@H]3CO)c2c1. The molecule has 0 amide bonds. The number of piperidine rings is 1. The van der Waals surface area contributed by atoms with Gasteiger partial charge in [0.05, 0.1) is 24.3 Å². The number of hydrogen-bond donors (Lipinski definition) is 2. The Hall–Kier alpha value is -2.33. The number of methoxy groups -OCH3 is 1. The number of aliphatic hydroxyl groups is 2. The van der Waals surface area contributed by atoms with E-state index in [0.717, 1.165) is 83.9 Å². The van der Waals surface area contributed by atoms with E-state index in [9.17, 15) is 23.4 Å². The second kappa shape index (κ2) is 13.2. The van der Waals surface area contributed by atoms with Crippen LogP contribution in [-0.2, 0) is 6.18 Å². The van der Waals surface area contributed by atoms with E-state index in [1.165, 1.54) is 12.1 Å². The number of nitrogens with zero attached hydrogens (tertiary/aromatic N) is 2. The molecule has 1 saturated heterocycles. The largest absolute Gasteiger partial charge is 0.497 e. The monoisotopic (exact) mass is 548 g/mol. The molecule has 38 heavy (non-hydrogen) atoms. The summed E-state index contributed by atoms with van der Waals surface area (Å²) in [4.78, 5) is 7.60. The maximum absolute atomic E-state index is 12.7. The van der Waals surface area contributed by atoms with E-state index in [4.69, 9.17) is 4.74 Å². The second-order valence-electron chi connectivity index (χ2n) is 9.89. The van der Waals surface area contributed by atoms with Gasteiger partial charge in [-0.2, -0.15) is 13.2 Å². The Morgan fingerprint density at radius 3 is 2.63 bits per heavy atom. The number of rotatable bonds is 11. The smallest absolute Gasteiger partial charge is 0.416 e. The van der Waals surface area contributed by atoms with Crippen LogP contribution in [0.5, 0.6) is 5.75 Å². The molecule has 0 unspecified atom stereocenters. The third kappa shape index (κ3) is 7.40. The average molecular weight is 549 g/mol. The molecular formula is C29H35F3N2O3S. The zero-order valence-corrected chi connectivity index (χ0v) is 22.3. The van der Waals surface area contributed by atoms with Crippen LogP contribution in [0, 0.1) is 11.8 Å². The standard InChI is InChI=1S/C29H35F3N2O3S/c1-37-23-6-9-27-26(17-23)25(11-13-33-27)28(36)10-3-20-12-15-34(18-21(20)19-35)14-2-16-38-24-7-4-22(5-8-24)29(30,31)32/h4-9,11,13,17,20-21,28,35-36H,2-3,10,12,14-16,18-19H2,1H3/t20-,21-,28+/m1/s1. The molecule has 206 valence electrons. The minimum Gasteiger partial charge on any atom is -0.497 e. The van der Waals surface area contributed by atoms with Crippen LogP contribution in [0.3, 0.4) is 0 Å². The molecule has 0 saturated carbocycles. The summed E-state index contributed by atoms with van der Waals surface area (Å²) >= 11 is 1.56. The van der Waals surface area contributed by atoms with Crippen molar-refractivity contribution >= 4 is 22.7 Å². The predicted molar refractivity (Wildman–Crippen MR) is 144 cm³/mol. The number of likely N-dealkylation sites (tertiary alicyclic amines) is 1. The van der Waals surface area contributed by atoms with Crippen molar-refractivity contribution in [1.82, 2.24) is 9.88 Å². The molecule has 3 aromatic rings. The van der Waals surface area contributed by atoms with Gasteiger partial charge in [0.1, 0.15) is 5.75 Å². The molecule has 0 spiro atoms. The highest BCUT2D eigenvalue weighted by atomic mass is 32.2. The number of hydrogen-bond acceptors (Lipinski definition) is 6. The van der Waals surface area contributed by atoms with E-state index >= 15 is 0 Å². The van der Waals surface area contributed by atoms with E-state index in [1.54, 1.807) is 25.1 Å². The van der Waals surface area contributed by atoms with Gasteiger partial charge in [-0.1, -0.05) is 0 Å². The molecule has 2 aromatic carbocycles. The van der Waals surface area contributed by atoms with Crippen molar-refractivity contribution in [2.75, 3.05) is 39.1 Å². The number of aromatic nitrogens is 1. The highest BCUT2D eigenvalue weighted by Gasteiger charge is 2.30. The first-order valence-corrected chi connectivity index (χ1v) is 14.0. The van der Waals surface area contributed by atoms with Gasteiger partial charge in [-0.15, -0.1) is 11.8 Å². The van der Waals surface area contributed by atoms with Crippen molar-refractivity contribution in [3.8, 4) is 5.75 Å². The molecule has 0 radical (unpaired) electrons. The fourth-order valence-electron chi connectivity index (χ4n) is 5.26. The molecule has 1 aromatic heterocycles. The van der Waals surface area contributed by atoms with Crippen LogP contribution >= 0.6 is 11.8 Å². The molecule has 1 aliphatic heterocycles. The van der Waals surface area contributed by atoms with E-state index in [0.29, 0.717) is 12.3 Å². The number of fused-ring (bicyclic) bond motifs is 1. The quantitative estimate of drug-likeness (QED) is 0.220. The van der Waals surface area contributed by atoms with Gasteiger partial charge in [0, 0.05) is 29.6 Å². The van der Waals surface area contributed by atoms with Gasteiger partial charge in [0.15, 0.2) is 0 Å². The topological polar surface area (TPSA) is 65.8 Å². The second-order valence-corrected chi connectivity index (χ2v) is 11.1. The number of aliphatic hydroxyl groups excluding tert-OH is 2. The Bertz CT molecular complexity index is 1180. The lowest BCUT2D eigenvalue weighted by atomic mass is 9.81. The number of halogens is 3. The molecule has 0 bridgehead atoms.